The topological polar surface area (TPSA) is 84.9 Å². The van der Waals surface area contributed by atoms with E-state index in [0.29, 0.717) is 28.7 Å². The Labute approximate surface area is 162 Å². The number of halogens is 1. The van der Waals surface area contributed by atoms with Crippen molar-refractivity contribution >= 4 is 29.6 Å². The number of hydrogen-bond donors (Lipinski definition) is 2. The average molecular weight is 390 g/mol. The summed E-state index contributed by atoms with van der Waals surface area (Å²) in [6, 6.07) is 11.6. The Kier molecular flexibility index (Phi) is 7.25. The van der Waals surface area contributed by atoms with Crippen molar-refractivity contribution in [3.63, 3.8) is 0 Å². The SMILES string of the molecule is COc1cc(/C=C/C(=O)NC(C)C(=O)O)ccc1OCc1ccc(Cl)cc1. The van der Waals surface area contributed by atoms with Crippen molar-refractivity contribution in [3.05, 3.63) is 64.7 Å². The molecule has 2 aromatic rings. The molecular formula is C20H20ClNO5. The zero-order valence-corrected chi connectivity index (χ0v) is 15.7. The molecule has 0 radical (unpaired) electrons. The smallest absolute Gasteiger partial charge is 0.325 e. The molecule has 2 rings (SSSR count). The number of carboxylic acid groups (broad SMARTS) is 1. The Morgan fingerprint density at radius 2 is 1.89 bits per heavy atom. The maximum absolute atomic E-state index is 11.7. The monoisotopic (exact) mass is 389 g/mol. The summed E-state index contributed by atoms with van der Waals surface area (Å²) in [5.41, 5.74) is 1.68. The molecule has 1 unspecified atom stereocenters. The van der Waals surface area contributed by atoms with Crippen LogP contribution in [0.25, 0.3) is 6.08 Å². The lowest BCUT2D eigenvalue weighted by atomic mass is 10.2. The zero-order valence-electron chi connectivity index (χ0n) is 14.9. The molecule has 0 bridgehead atoms. The van der Waals surface area contributed by atoms with Crippen molar-refractivity contribution in [1.82, 2.24) is 5.32 Å². The molecule has 0 fully saturated rings. The molecule has 0 aliphatic heterocycles. The van der Waals surface area contributed by atoms with E-state index >= 15 is 0 Å². The van der Waals surface area contributed by atoms with Crippen LogP contribution in [0.2, 0.25) is 5.02 Å². The molecule has 0 saturated carbocycles. The van der Waals surface area contributed by atoms with Gasteiger partial charge < -0.3 is 19.9 Å². The van der Waals surface area contributed by atoms with Gasteiger partial charge in [-0.25, -0.2) is 0 Å². The molecule has 1 atom stereocenters. The van der Waals surface area contributed by atoms with E-state index in [0.717, 1.165) is 5.56 Å². The number of carbonyl (C=O) groups excluding carboxylic acids is 1. The first-order chi connectivity index (χ1) is 12.9. The first kappa shape index (κ1) is 20.3. The molecule has 0 heterocycles. The Morgan fingerprint density at radius 1 is 1.19 bits per heavy atom. The van der Waals surface area contributed by atoms with E-state index in [9.17, 15) is 9.59 Å². The summed E-state index contributed by atoms with van der Waals surface area (Å²) in [6.45, 7) is 1.75. The largest absolute Gasteiger partial charge is 0.493 e. The number of benzene rings is 2. The predicted octanol–water partition coefficient (Wildman–Crippen LogP) is 3.53. The summed E-state index contributed by atoms with van der Waals surface area (Å²) >= 11 is 5.86. The van der Waals surface area contributed by atoms with E-state index in [2.05, 4.69) is 5.32 Å². The van der Waals surface area contributed by atoms with E-state index < -0.39 is 17.9 Å². The summed E-state index contributed by atoms with van der Waals surface area (Å²) in [5.74, 6) is -0.508. The Hall–Kier alpha value is -2.99. The Balaban J connectivity index is 2.02. The maximum Gasteiger partial charge on any atom is 0.325 e. The number of carboxylic acids is 1. The molecule has 2 N–H and O–H groups in total. The van der Waals surface area contributed by atoms with Gasteiger partial charge in [-0.05, 0) is 48.4 Å². The number of ether oxygens (including phenoxy) is 2. The number of aliphatic carboxylic acids is 1. The third kappa shape index (κ3) is 6.34. The van der Waals surface area contributed by atoms with Crippen molar-refractivity contribution in [2.45, 2.75) is 19.6 Å². The molecule has 0 aliphatic carbocycles. The van der Waals surface area contributed by atoms with Crippen LogP contribution >= 0.6 is 11.6 Å². The van der Waals surface area contributed by atoms with Crippen LogP contribution in [-0.2, 0) is 16.2 Å². The maximum atomic E-state index is 11.7. The van der Waals surface area contributed by atoms with Crippen molar-refractivity contribution in [1.29, 1.82) is 0 Å². The van der Waals surface area contributed by atoms with Gasteiger partial charge >= 0.3 is 5.97 Å². The number of rotatable bonds is 8. The van der Waals surface area contributed by atoms with Gasteiger partial charge in [-0.1, -0.05) is 29.8 Å². The molecule has 0 aromatic heterocycles. The van der Waals surface area contributed by atoms with Crippen molar-refractivity contribution in [2.75, 3.05) is 7.11 Å². The van der Waals surface area contributed by atoms with Crippen LogP contribution < -0.4 is 14.8 Å². The van der Waals surface area contributed by atoms with Gasteiger partial charge in [0.25, 0.3) is 0 Å². The van der Waals surface area contributed by atoms with Gasteiger partial charge in [-0.2, -0.15) is 0 Å². The van der Waals surface area contributed by atoms with Gasteiger partial charge in [0.2, 0.25) is 5.91 Å². The van der Waals surface area contributed by atoms with E-state index in [1.165, 1.54) is 20.1 Å². The minimum atomic E-state index is -1.10. The molecule has 0 spiro atoms. The Morgan fingerprint density at radius 3 is 2.52 bits per heavy atom. The van der Waals surface area contributed by atoms with Crippen molar-refractivity contribution in [2.24, 2.45) is 0 Å². The lowest BCUT2D eigenvalue weighted by molar-refractivity contribution is -0.140. The first-order valence-corrected chi connectivity index (χ1v) is 8.53. The van der Waals surface area contributed by atoms with Crippen LogP contribution in [0.3, 0.4) is 0 Å². The van der Waals surface area contributed by atoms with E-state index in [1.54, 1.807) is 36.4 Å². The minimum absolute atomic E-state index is 0.359. The summed E-state index contributed by atoms with van der Waals surface area (Å²) in [5, 5.41) is 11.8. The molecule has 0 aliphatic rings. The fourth-order valence-corrected chi connectivity index (χ4v) is 2.27. The second-order valence-electron chi connectivity index (χ2n) is 5.73. The summed E-state index contributed by atoms with van der Waals surface area (Å²) in [4.78, 5) is 22.4. The molecule has 2 aromatic carbocycles. The van der Waals surface area contributed by atoms with Gasteiger partial charge in [-0.3, -0.25) is 9.59 Å². The number of hydrogen-bond acceptors (Lipinski definition) is 4. The quantitative estimate of drug-likeness (QED) is 0.674. The number of nitrogens with one attached hydrogen (secondary N) is 1. The van der Waals surface area contributed by atoms with Crippen LogP contribution in [0.1, 0.15) is 18.1 Å². The summed E-state index contributed by atoms with van der Waals surface area (Å²) < 4.78 is 11.1. The average Bonchev–Trinajstić information content (AvgIpc) is 2.66. The minimum Gasteiger partial charge on any atom is -0.493 e. The molecular weight excluding hydrogens is 370 g/mol. The van der Waals surface area contributed by atoms with Crippen LogP contribution in [-0.4, -0.2) is 30.1 Å². The summed E-state index contributed by atoms with van der Waals surface area (Å²) in [7, 11) is 1.53. The van der Waals surface area contributed by atoms with E-state index in [4.69, 9.17) is 26.2 Å². The lowest BCUT2D eigenvalue weighted by Gasteiger charge is -2.11. The van der Waals surface area contributed by atoms with Gasteiger partial charge in [-0.15, -0.1) is 0 Å². The second-order valence-corrected chi connectivity index (χ2v) is 6.16. The van der Waals surface area contributed by atoms with Crippen LogP contribution in [0.5, 0.6) is 11.5 Å². The van der Waals surface area contributed by atoms with Gasteiger partial charge in [0.1, 0.15) is 12.6 Å². The molecule has 7 heteroatoms. The van der Waals surface area contributed by atoms with Gasteiger partial charge in [0.15, 0.2) is 11.5 Å². The lowest BCUT2D eigenvalue weighted by Crippen LogP contribution is -2.37. The zero-order chi connectivity index (χ0) is 19.8. The standard InChI is InChI=1S/C20H20ClNO5/c1-13(20(24)25)22-19(23)10-6-14-5-9-17(18(11-14)26-2)27-12-15-3-7-16(21)8-4-15/h3-11,13H,12H2,1-2H3,(H,22,23)(H,24,25)/b10-6+. The van der Waals surface area contributed by atoms with Crippen molar-refractivity contribution < 1.29 is 24.2 Å². The van der Waals surface area contributed by atoms with Crippen LogP contribution in [0.15, 0.2) is 48.5 Å². The molecule has 6 nitrogen and oxygen atoms in total. The fourth-order valence-electron chi connectivity index (χ4n) is 2.14. The first-order valence-electron chi connectivity index (χ1n) is 8.15. The third-order valence-corrected chi connectivity index (χ3v) is 3.90. The highest BCUT2D eigenvalue weighted by molar-refractivity contribution is 6.30. The number of amides is 1. The summed E-state index contributed by atoms with van der Waals surface area (Å²) in [6.07, 6.45) is 2.83. The highest BCUT2D eigenvalue weighted by Crippen LogP contribution is 2.29. The second kappa shape index (κ2) is 9.64. The predicted molar refractivity (Wildman–Crippen MR) is 103 cm³/mol. The third-order valence-electron chi connectivity index (χ3n) is 3.65. The van der Waals surface area contributed by atoms with Gasteiger partial charge in [0, 0.05) is 11.1 Å². The normalized spacial score (nSPS) is 11.8. The molecule has 142 valence electrons. The highest BCUT2D eigenvalue weighted by Gasteiger charge is 2.12. The molecule has 0 saturated heterocycles. The fraction of sp³-hybridized carbons (Fsp3) is 0.200. The molecule has 27 heavy (non-hydrogen) atoms. The van der Waals surface area contributed by atoms with Crippen LogP contribution in [0, 0.1) is 0 Å². The highest BCUT2D eigenvalue weighted by atomic mass is 35.5. The van der Waals surface area contributed by atoms with E-state index in [1.807, 2.05) is 12.1 Å². The van der Waals surface area contributed by atoms with Crippen molar-refractivity contribution in [3.8, 4) is 11.5 Å². The molecule has 1 amide bonds. The Bertz CT molecular complexity index is 833. The van der Waals surface area contributed by atoms with E-state index in [-0.39, 0.29) is 0 Å². The number of carbonyl (C=O) groups is 2. The number of methoxy groups -OCH3 is 1. The van der Waals surface area contributed by atoms with Gasteiger partial charge in [0.05, 0.1) is 7.11 Å². The van der Waals surface area contributed by atoms with Crippen LogP contribution in [0.4, 0.5) is 0 Å².